The van der Waals surface area contributed by atoms with Crippen LogP contribution in [0.4, 0.5) is 0 Å². The molecule has 0 saturated heterocycles. The van der Waals surface area contributed by atoms with Gasteiger partial charge in [0.15, 0.2) is 0 Å². The van der Waals surface area contributed by atoms with E-state index in [1.165, 1.54) is 11.3 Å². The Morgan fingerprint density at radius 1 is 1.62 bits per heavy atom. The predicted octanol–water partition coefficient (Wildman–Crippen LogP) is 1.94. The molecule has 1 heterocycles. The summed E-state index contributed by atoms with van der Waals surface area (Å²) in [5.41, 5.74) is 1.01. The van der Waals surface area contributed by atoms with Crippen molar-refractivity contribution in [2.24, 2.45) is 0 Å². The van der Waals surface area contributed by atoms with Gasteiger partial charge in [-0.15, -0.1) is 11.3 Å². The lowest BCUT2D eigenvalue weighted by Crippen LogP contribution is -2.27. The third-order valence-electron chi connectivity index (χ3n) is 2.47. The van der Waals surface area contributed by atoms with E-state index >= 15 is 0 Å². The number of hydrogen-bond acceptors (Lipinski definition) is 3. The SMILES string of the molecule is Cc1ccsc1C(=O)NCC[C@@H](C)[S@](C)=O. The smallest absolute Gasteiger partial charge is 0.261 e. The van der Waals surface area contributed by atoms with Crippen LogP contribution in [-0.2, 0) is 10.8 Å². The summed E-state index contributed by atoms with van der Waals surface area (Å²) in [4.78, 5) is 12.5. The van der Waals surface area contributed by atoms with Crippen LogP contribution in [0.2, 0.25) is 0 Å². The normalized spacial score (nSPS) is 14.4. The minimum atomic E-state index is -0.815. The van der Waals surface area contributed by atoms with Gasteiger partial charge >= 0.3 is 0 Å². The zero-order valence-electron chi connectivity index (χ0n) is 9.78. The molecule has 0 unspecified atom stereocenters. The molecule has 1 rings (SSSR count). The van der Waals surface area contributed by atoms with Crippen molar-refractivity contribution in [3.05, 3.63) is 21.9 Å². The first-order chi connectivity index (χ1) is 7.52. The Kier molecular flexibility index (Phi) is 5.15. The summed E-state index contributed by atoms with van der Waals surface area (Å²) in [7, 11) is -0.815. The fourth-order valence-electron chi connectivity index (χ4n) is 1.24. The van der Waals surface area contributed by atoms with E-state index in [4.69, 9.17) is 0 Å². The number of carbonyl (C=O) groups excluding carboxylic acids is 1. The Balaban J connectivity index is 2.37. The van der Waals surface area contributed by atoms with Crippen molar-refractivity contribution in [3.8, 4) is 0 Å². The maximum absolute atomic E-state index is 11.7. The zero-order chi connectivity index (χ0) is 12.1. The summed E-state index contributed by atoms with van der Waals surface area (Å²) in [6.45, 7) is 4.44. The van der Waals surface area contributed by atoms with Gasteiger partial charge in [0.2, 0.25) is 0 Å². The quantitative estimate of drug-likeness (QED) is 0.878. The summed E-state index contributed by atoms with van der Waals surface area (Å²) in [6, 6.07) is 1.93. The summed E-state index contributed by atoms with van der Waals surface area (Å²) < 4.78 is 11.1. The molecule has 16 heavy (non-hydrogen) atoms. The van der Waals surface area contributed by atoms with Gasteiger partial charge in [-0.1, -0.05) is 6.92 Å². The van der Waals surface area contributed by atoms with Gasteiger partial charge in [0.25, 0.3) is 5.91 Å². The van der Waals surface area contributed by atoms with E-state index in [0.29, 0.717) is 6.54 Å². The van der Waals surface area contributed by atoms with Gasteiger partial charge in [0, 0.05) is 28.9 Å². The molecule has 0 aliphatic carbocycles. The van der Waals surface area contributed by atoms with Crippen LogP contribution in [-0.4, -0.2) is 28.2 Å². The molecule has 5 heteroatoms. The Morgan fingerprint density at radius 2 is 2.31 bits per heavy atom. The molecule has 0 aliphatic heterocycles. The Labute approximate surface area is 103 Å². The van der Waals surface area contributed by atoms with Crippen molar-refractivity contribution in [1.29, 1.82) is 0 Å². The fraction of sp³-hybridized carbons (Fsp3) is 0.545. The molecule has 1 N–H and O–H groups in total. The fourth-order valence-corrected chi connectivity index (χ4v) is 2.53. The molecule has 1 amide bonds. The molecule has 90 valence electrons. The molecule has 3 nitrogen and oxygen atoms in total. The Bertz CT molecular complexity index is 387. The highest BCUT2D eigenvalue weighted by molar-refractivity contribution is 7.84. The summed E-state index contributed by atoms with van der Waals surface area (Å²) in [5.74, 6) is -0.0263. The van der Waals surface area contributed by atoms with Crippen molar-refractivity contribution < 1.29 is 9.00 Å². The highest BCUT2D eigenvalue weighted by Crippen LogP contribution is 2.14. The largest absolute Gasteiger partial charge is 0.351 e. The molecular weight excluding hydrogens is 242 g/mol. The summed E-state index contributed by atoms with van der Waals surface area (Å²) in [5, 5.41) is 4.89. The van der Waals surface area contributed by atoms with Gasteiger partial charge in [-0.05, 0) is 30.4 Å². The second-order valence-corrected chi connectivity index (χ2v) is 6.50. The molecule has 1 aromatic heterocycles. The predicted molar refractivity (Wildman–Crippen MR) is 69.5 cm³/mol. The van der Waals surface area contributed by atoms with E-state index in [-0.39, 0.29) is 11.2 Å². The first-order valence-electron chi connectivity index (χ1n) is 5.17. The molecule has 0 saturated carbocycles. The van der Waals surface area contributed by atoms with Crippen molar-refractivity contribution in [3.63, 3.8) is 0 Å². The first-order valence-corrected chi connectivity index (χ1v) is 7.67. The maximum atomic E-state index is 11.7. The Morgan fingerprint density at radius 3 is 2.81 bits per heavy atom. The van der Waals surface area contributed by atoms with Crippen LogP contribution in [0, 0.1) is 6.92 Å². The lowest BCUT2D eigenvalue weighted by molar-refractivity contribution is 0.0957. The molecule has 0 fully saturated rings. The monoisotopic (exact) mass is 259 g/mol. The highest BCUT2D eigenvalue weighted by Gasteiger charge is 2.11. The van der Waals surface area contributed by atoms with E-state index in [1.54, 1.807) is 6.26 Å². The van der Waals surface area contributed by atoms with E-state index < -0.39 is 10.8 Å². The van der Waals surface area contributed by atoms with Crippen LogP contribution in [0.3, 0.4) is 0 Å². The van der Waals surface area contributed by atoms with Crippen molar-refractivity contribution in [2.45, 2.75) is 25.5 Å². The molecule has 1 aromatic rings. The van der Waals surface area contributed by atoms with Crippen molar-refractivity contribution >= 4 is 28.0 Å². The van der Waals surface area contributed by atoms with E-state index in [2.05, 4.69) is 5.32 Å². The third kappa shape index (κ3) is 3.72. The zero-order valence-corrected chi connectivity index (χ0v) is 11.4. The molecular formula is C11H17NO2S2. The van der Waals surface area contributed by atoms with Gasteiger partial charge in [-0.25, -0.2) is 0 Å². The number of hydrogen-bond donors (Lipinski definition) is 1. The number of thiophene rings is 1. The second-order valence-electron chi connectivity index (χ2n) is 3.79. The van der Waals surface area contributed by atoms with Gasteiger partial charge in [0.05, 0.1) is 4.88 Å². The van der Waals surface area contributed by atoms with Crippen LogP contribution in [0.5, 0.6) is 0 Å². The minimum Gasteiger partial charge on any atom is -0.351 e. The van der Waals surface area contributed by atoms with Gasteiger partial charge in [-0.2, -0.15) is 0 Å². The number of nitrogens with one attached hydrogen (secondary N) is 1. The standard InChI is InChI=1S/C11H17NO2S2/c1-8-5-7-15-10(8)11(13)12-6-4-9(2)16(3)14/h5,7,9H,4,6H2,1-3H3,(H,12,13)/t9-,16+/m1/s1. The second kappa shape index (κ2) is 6.15. The molecule has 0 radical (unpaired) electrons. The van der Waals surface area contributed by atoms with Crippen LogP contribution in [0.1, 0.15) is 28.6 Å². The number of aryl methyl sites for hydroxylation is 1. The average molecular weight is 259 g/mol. The third-order valence-corrected chi connectivity index (χ3v) is 4.86. The molecule has 0 aromatic carbocycles. The number of amides is 1. The average Bonchev–Trinajstić information content (AvgIpc) is 2.64. The van der Waals surface area contributed by atoms with Gasteiger partial charge in [-0.3, -0.25) is 9.00 Å². The van der Waals surface area contributed by atoms with Crippen molar-refractivity contribution in [1.82, 2.24) is 5.32 Å². The van der Waals surface area contributed by atoms with Crippen LogP contribution < -0.4 is 5.32 Å². The molecule has 0 aliphatic rings. The molecule has 0 bridgehead atoms. The van der Waals surface area contributed by atoms with Crippen LogP contribution in [0.15, 0.2) is 11.4 Å². The summed E-state index contributed by atoms with van der Waals surface area (Å²) >= 11 is 1.45. The lowest BCUT2D eigenvalue weighted by Gasteiger charge is -2.08. The number of carbonyl (C=O) groups is 1. The van der Waals surface area contributed by atoms with Gasteiger partial charge < -0.3 is 5.32 Å². The minimum absolute atomic E-state index is 0.0263. The van der Waals surface area contributed by atoms with Crippen LogP contribution in [0.25, 0.3) is 0 Å². The maximum Gasteiger partial charge on any atom is 0.261 e. The lowest BCUT2D eigenvalue weighted by atomic mass is 10.2. The highest BCUT2D eigenvalue weighted by atomic mass is 32.2. The van der Waals surface area contributed by atoms with E-state index in [0.717, 1.165) is 16.9 Å². The first kappa shape index (κ1) is 13.4. The Hall–Kier alpha value is -0.680. The molecule has 0 spiro atoms. The van der Waals surface area contributed by atoms with Crippen LogP contribution >= 0.6 is 11.3 Å². The number of rotatable bonds is 5. The van der Waals surface area contributed by atoms with E-state index in [9.17, 15) is 9.00 Å². The van der Waals surface area contributed by atoms with Crippen molar-refractivity contribution in [2.75, 3.05) is 12.8 Å². The molecule has 2 atom stereocenters. The summed E-state index contributed by atoms with van der Waals surface area (Å²) in [6.07, 6.45) is 2.44. The van der Waals surface area contributed by atoms with Gasteiger partial charge in [0.1, 0.15) is 0 Å². The topological polar surface area (TPSA) is 46.2 Å². The van der Waals surface area contributed by atoms with E-state index in [1.807, 2.05) is 25.3 Å².